The maximum absolute atomic E-state index is 12.8. The molecule has 1 atom stereocenters. The molecule has 0 aromatic heterocycles. The van der Waals surface area contributed by atoms with E-state index in [1.807, 2.05) is 62.4 Å². The van der Waals surface area contributed by atoms with Gasteiger partial charge in [-0.05, 0) is 49.6 Å². The number of nitrogens with zero attached hydrogens (tertiary/aromatic N) is 1. The van der Waals surface area contributed by atoms with E-state index in [9.17, 15) is 9.59 Å². The molecule has 0 fully saturated rings. The van der Waals surface area contributed by atoms with Gasteiger partial charge in [0, 0.05) is 13.6 Å². The molecule has 0 aliphatic carbocycles. The summed E-state index contributed by atoms with van der Waals surface area (Å²) in [6.07, 6.45) is 0. The average molecular weight is 354 g/mol. The first-order valence-electron chi connectivity index (χ1n) is 8.67. The van der Waals surface area contributed by atoms with Crippen molar-refractivity contribution >= 4 is 11.8 Å². The van der Waals surface area contributed by atoms with Gasteiger partial charge in [-0.25, -0.2) is 0 Å². The zero-order valence-corrected chi connectivity index (χ0v) is 15.8. The molecular weight excluding hydrogens is 328 g/mol. The van der Waals surface area contributed by atoms with Crippen molar-refractivity contribution < 1.29 is 14.3 Å². The fourth-order valence-electron chi connectivity index (χ4n) is 2.60. The van der Waals surface area contributed by atoms with Crippen molar-refractivity contribution in [3.63, 3.8) is 0 Å². The Morgan fingerprint density at radius 1 is 1.08 bits per heavy atom. The molecule has 2 aromatic rings. The third-order valence-electron chi connectivity index (χ3n) is 4.45. The minimum atomic E-state index is -0.587. The van der Waals surface area contributed by atoms with Crippen molar-refractivity contribution in [3.05, 3.63) is 65.2 Å². The van der Waals surface area contributed by atoms with Gasteiger partial charge in [0.05, 0.1) is 0 Å². The van der Waals surface area contributed by atoms with Crippen molar-refractivity contribution in [2.24, 2.45) is 0 Å². The van der Waals surface area contributed by atoms with Gasteiger partial charge in [-0.2, -0.15) is 0 Å². The van der Waals surface area contributed by atoms with E-state index in [0.717, 1.165) is 11.1 Å². The summed E-state index contributed by atoms with van der Waals surface area (Å²) in [5.41, 5.74) is 3.24. The Morgan fingerprint density at radius 2 is 1.77 bits per heavy atom. The van der Waals surface area contributed by atoms with E-state index in [0.29, 0.717) is 12.3 Å². The number of aryl methyl sites for hydroxylation is 2. The van der Waals surface area contributed by atoms with E-state index in [1.54, 1.807) is 14.0 Å². The third kappa shape index (κ3) is 5.09. The second kappa shape index (κ2) is 9.04. The Hall–Kier alpha value is -2.82. The molecule has 0 aliphatic rings. The maximum Gasteiger partial charge on any atom is 0.261 e. The summed E-state index contributed by atoms with van der Waals surface area (Å²) in [6, 6.07) is 14.7. The van der Waals surface area contributed by atoms with Gasteiger partial charge in [0.1, 0.15) is 11.8 Å². The monoisotopic (exact) mass is 354 g/mol. The Bertz CT molecular complexity index is 759. The van der Waals surface area contributed by atoms with Crippen LogP contribution in [0.1, 0.15) is 23.6 Å². The van der Waals surface area contributed by atoms with Crippen LogP contribution in [0, 0.1) is 13.8 Å². The smallest absolute Gasteiger partial charge is 0.261 e. The Morgan fingerprint density at radius 3 is 2.38 bits per heavy atom. The van der Waals surface area contributed by atoms with Crippen LogP contribution in [-0.2, 0) is 16.1 Å². The van der Waals surface area contributed by atoms with Crippen LogP contribution in [0.5, 0.6) is 5.75 Å². The third-order valence-corrected chi connectivity index (χ3v) is 4.45. The van der Waals surface area contributed by atoms with Crippen LogP contribution < -0.4 is 10.1 Å². The highest BCUT2D eigenvalue weighted by Crippen LogP contribution is 2.17. The zero-order chi connectivity index (χ0) is 19.1. The normalized spacial score (nSPS) is 11.5. The largest absolute Gasteiger partial charge is 0.484 e. The van der Waals surface area contributed by atoms with Crippen LogP contribution >= 0.6 is 0 Å². The van der Waals surface area contributed by atoms with Crippen molar-refractivity contribution in [1.82, 2.24) is 10.2 Å². The second-order valence-corrected chi connectivity index (χ2v) is 6.33. The number of carbonyl (C=O) groups excluding carboxylic acids is 2. The first kappa shape index (κ1) is 19.5. The molecule has 2 aromatic carbocycles. The van der Waals surface area contributed by atoms with Crippen molar-refractivity contribution in [1.29, 1.82) is 0 Å². The number of rotatable bonds is 7. The highest BCUT2D eigenvalue weighted by molar-refractivity contribution is 5.87. The second-order valence-electron chi connectivity index (χ2n) is 6.33. The standard InChI is InChI=1S/C21H26N2O3/c1-15-10-11-19(12-16(15)2)26-14-20(24)23(17(3)21(25)22-4)13-18-8-6-5-7-9-18/h5-12,17H,13-14H2,1-4H3,(H,22,25)/t17-/m1/s1. The van der Waals surface area contributed by atoms with E-state index in [1.165, 1.54) is 10.5 Å². The van der Waals surface area contributed by atoms with E-state index < -0.39 is 6.04 Å². The number of likely N-dealkylation sites (N-methyl/N-ethyl adjacent to an activating group) is 1. The summed E-state index contributed by atoms with van der Waals surface area (Å²) in [7, 11) is 1.57. The molecule has 0 bridgehead atoms. The van der Waals surface area contributed by atoms with Crippen molar-refractivity contribution in [3.8, 4) is 5.75 Å². The fraction of sp³-hybridized carbons (Fsp3) is 0.333. The van der Waals surface area contributed by atoms with Gasteiger partial charge >= 0.3 is 0 Å². The van der Waals surface area contributed by atoms with E-state index in [2.05, 4.69) is 5.32 Å². The predicted octanol–water partition coefficient (Wildman–Crippen LogP) is 2.85. The van der Waals surface area contributed by atoms with Crippen LogP contribution in [-0.4, -0.2) is 36.4 Å². The number of carbonyl (C=O) groups is 2. The van der Waals surface area contributed by atoms with Gasteiger partial charge in [0.25, 0.3) is 5.91 Å². The molecular formula is C21H26N2O3. The van der Waals surface area contributed by atoms with Crippen LogP contribution in [0.3, 0.4) is 0 Å². The average Bonchev–Trinajstić information content (AvgIpc) is 2.66. The molecule has 0 unspecified atom stereocenters. The Balaban J connectivity index is 2.11. The summed E-state index contributed by atoms with van der Waals surface area (Å²) < 4.78 is 5.66. The van der Waals surface area contributed by atoms with Crippen LogP contribution in [0.15, 0.2) is 48.5 Å². The number of amides is 2. The molecule has 5 nitrogen and oxygen atoms in total. The quantitative estimate of drug-likeness (QED) is 0.832. The summed E-state index contributed by atoms with van der Waals surface area (Å²) in [5.74, 6) is 0.206. The molecule has 2 amide bonds. The van der Waals surface area contributed by atoms with Crippen molar-refractivity contribution in [2.45, 2.75) is 33.4 Å². The lowest BCUT2D eigenvalue weighted by Gasteiger charge is -2.28. The molecule has 138 valence electrons. The molecule has 0 saturated carbocycles. The van der Waals surface area contributed by atoms with Gasteiger partial charge in [-0.1, -0.05) is 36.4 Å². The molecule has 0 saturated heterocycles. The van der Waals surface area contributed by atoms with Gasteiger partial charge < -0.3 is 15.0 Å². The Kier molecular flexibility index (Phi) is 6.78. The number of hydrogen-bond acceptors (Lipinski definition) is 3. The molecule has 0 spiro atoms. The minimum Gasteiger partial charge on any atom is -0.484 e. The Labute approximate surface area is 155 Å². The summed E-state index contributed by atoms with van der Waals surface area (Å²) in [6.45, 7) is 5.98. The topological polar surface area (TPSA) is 58.6 Å². The number of nitrogens with one attached hydrogen (secondary N) is 1. The molecule has 0 radical (unpaired) electrons. The molecule has 1 N–H and O–H groups in total. The van der Waals surface area contributed by atoms with E-state index in [-0.39, 0.29) is 18.4 Å². The SMILES string of the molecule is CNC(=O)[C@@H](C)N(Cc1ccccc1)C(=O)COc1ccc(C)c(C)c1. The molecule has 0 aliphatic heterocycles. The zero-order valence-electron chi connectivity index (χ0n) is 15.8. The number of hydrogen-bond donors (Lipinski definition) is 1. The number of ether oxygens (including phenoxy) is 1. The summed E-state index contributed by atoms with van der Waals surface area (Å²) in [4.78, 5) is 26.4. The highest BCUT2D eigenvalue weighted by Gasteiger charge is 2.25. The van der Waals surface area contributed by atoms with Crippen LogP contribution in [0.2, 0.25) is 0 Å². The lowest BCUT2D eigenvalue weighted by molar-refractivity contribution is -0.142. The lowest BCUT2D eigenvalue weighted by atomic mass is 10.1. The number of benzene rings is 2. The maximum atomic E-state index is 12.8. The summed E-state index contributed by atoms with van der Waals surface area (Å²) in [5, 5.41) is 2.60. The minimum absolute atomic E-state index is 0.114. The first-order chi connectivity index (χ1) is 12.4. The summed E-state index contributed by atoms with van der Waals surface area (Å²) >= 11 is 0. The molecule has 26 heavy (non-hydrogen) atoms. The molecule has 2 rings (SSSR count). The predicted molar refractivity (Wildman–Crippen MR) is 102 cm³/mol. The van der Waals surface area contributed by atoms with Crippen molar-refractivity contribution in [2.75, 3.05) is 13.7 Å². The highest BCUT2D eigenvalue weighted by atomic mass is 16.5. The molecule has 5 heteroatoms. The van der Waals surface area contributed by atoms with E-state index >= 15 is 0 Å². The first-order valence-corrected chi connectivity index (χ1v) is 8.67. The molecule has 0 heterocycles. The van der Waals surface area contributed by atoms with Crippen LogP contribution in [0.4, 0.5) is 0 Å². The van der Waals surface area contributed by atoms with Crippen LogP contribution in [0.25, 0.3) is 0 Å². The fourth-order valence-corrected chi connectivity index (χ4v) is 2.60. The van der Waals surface area contributed by atoms with Gasteiger partial charge in [-0.15, -0.1) is 0 Å². The van der Waals surface area contributed by atoms with Gasteiger partial charge in [-0.3, -0.25) is 9.59 Å². The van der Waals surface area contributed by atoms with Gasteiger partial charge in [0.2, 0.25) is 5.91 Å². The van der Waals surface area contributed by atoms with E-state index in [4.69, 9.17) is 4.74 Å². The van der Waals surface area contributed by atoms with Gasteiger partial charge in [0.15, 0.2) is 6.61 Å². The lowest BCUT2D eigenvalue weighted by Crippen LogP contribution is -2.48.